The number of carbonyl (C=O) groups excluding carboxylic acids is 2. The molecule has 0 aromatic heterocycles. The van der Waals surface area contributed by atoms with Crippen molar-refractivity contribution < 1.29 is 14.3 Å². The van der Waals surface area contributed by atoms with Gasteiger partial charge in [-0.3, -0.25) is 9.59 Å². The number of likely N-dealkylation sites (N-methyl/N-ethyl adjacent to an activating group) is 1. The number of anilines is 2. The van der Waals surface area contributed by atoms with Crippen LogP contribution in [0.4, 0.5) is 11.4 Å². The third-order valence-corrected chi connectivity index (χ3v) is 5.71. The van der Waals surface area contributed by atoms with Gasteiger partial charge in [0.1, 0.15) is 5.75 Å². The van der Waals surface area contributed by atoms with Crippen LogP contribution < -0.4 is 15.0 Å². The maximum absolute atomic E-state index is 12.4. The molecule has 1 N–H and O–H groups in total. The SMILES string of the molecule is CCOc1ccc(C(=O)CCC(=O)Nc2ccc(N3CCN(CC)CC3)c(C)c2)cc1. The Labute approximate surface area is 185 Å². The monoisotopic (exact) mass is 423 g/mol. The lowest BCUT2D eigenvalue weighted by molar-refractivity contribution is -0.116. The summed E-state index contributed by atoms with van der Waals surface area (Å²) in [5, 5.41) is 2.92. The molecule has 0 bridgehead atoms. The van der Waals surface area contributed by atoms with Crippen LogP contribution in [-0.2, 0) is 4.79 Å². The second-order valence-corrected chi connectivity index (χ2v) is 7.85. The first-order valence-corrected chi connectivity index (χ1v) is 11.1. The summed E-state index contributed by atoms with van der Waals surface area (Å²) < 4.78 is 5.39. The molecule has 1 saturated heterocycles. The van der Waals surface area contributed by atoms with E-state index in [2.05, 4.69) is 35.0 Å². The van der Waals surface area contributed by atoms with Crippen molar-refractivity contribution in [2.45, 2.75) is 33.6 Å². The van der Waals surface area contributed by atoms with Crippen molar-refractivity contribution in [1.82, 2.24) is 4.90 Å². The summed E-state index contributed by atoms with van der Waals surface area (Å²) in [6, 6.07) is 13.1. The second kappa shape index (κ2) is 11.0. The van der Waals surface area contributed by atoms with Crippen LogP contribution in [0.5, 0.6) is 5.75 Å². The van der Waals surface area contributed by atoms with Crippen molar-refractivity contribution in [2.24, 2.45) is 0 Å². The fourth-order valence-corrected chi connectivity index (χ4v) is 3.89. The molecule has 0 aliphatic carbocycles. The maximum Gasteiger partial charge on any atom is 0.224 e. The van der Waals surface area contributed by atoms with E-state index < -0.39 is 0 Å². The van der Waals surface area contributed by atoms with Gasteiger partial charge in [-0.2, -0.15) is 0 Å². The zero-order valence-corrected chi connectivity index (χ0v) is 18.8. The molecule has 2 aromatic carbocycles. The van der Waals surface area contributed by atoms with Crippen LogP contribution in [0.25, 0.3) is 0 Å². The number of ether oxygens (including phenoxy) is 1. The highest BCUT2D eigenvalue weighted by atomic mass is 16.5. The summed E-state index contributed by atoms with van der Waals surface area (Å²) in [7, 11) is 0. The third kappa shape index (κ3) is 6.31. The fourth-order valence-electron chi connectivity index (χ4n) is 3.89. The van der Waals surface area contributed by atoms with E-state index in [-0.39, 0.29) is 24.5 Å². The van der Waals surface area contributed by atoms with Crippen LogP contribution in [0.1, 0.15) is 42.6 Å². The molecule has 3 rings (SSSR count). The number of nitrogens with one attached hydrogen (secondary N) is 1. The number of amides is 1. The minimum absolute atomic E-state index is 0.0454. The van der Waals surface area contributed by atoms with E-state index in [1.54, 1.807) is 24.3 Å². The molecule has 1 fully saturated rings. The predicted molar refractivity (Wildman–Crippen MR) is 125 cm³/mol. The topological polar surface area (TPSA) is 61.9 Å². The molecule has 6 nitrogen and oxygen atoms in total. The largest absolute Gasteiger partial charge is 0.494 e. The average Bonchev–Trinajstić information content (AvgIpc) is 2.78. The van der Waals surface area contributed by atoms with Gasteiger partial charge in [0.2, 0.25) is 5.91 Å². The molecule has 0 atom stereocenters. The summed E-state index contributed by atoms with van der Waals surface area (Å²) in [6.45, 7) is 12.1. The fraction of sp³-hybridized carbons (Fsp3) is 0.440. The van der Waals surface area contributed by atoms with Crippen LogP contribution in [-0.4, -0.2) is 55.9 Å². The first-order chi connectivity index (χ1) is 15.0. The summed E-state index contributed by atoms with van der Waals surface area (Å²) in [5.74, 6) is 0.543. The molecule has 0 saturated carbocycles. The molecular formula is C25H33N3O3. The van der Waals surface area contributed by atoms with E-state index in [0.717, 1.165) is 49.7 Å². The van der Waals surface area contributed by atoms with Crippen LogP contribution in [0.2, 0.25) is 0 Å². The third-order valence-electron chi connectivity index (χ3n) is 5.71. The molecule has 1 aliphatic heterocycles. The molecule has 0 spiro atoms. The Bertz CT molecular complexity index is 887. The van der Waals surface area contributed by atoms with Gasteiger partial charge in [-0.1, -0.05) is 6.92 Å². The summed E-state index contributed by atoms with van der Waals surface area (Å²) in [6.07, 6.45) is 0.338. The van der Waals surface area contributed by atoms with Crippen molar-refractivity contribution in [3.63, 3.8) is 0 Å². The molecule has 6 heteroatoms. The van der Waals surface area contributed by atoms with E-state index in [0.29, 0.717) is 12.2 Å². The van der Waals surface area contributed by atoms with Crippen molar-refractivity contribution >= 4 is 23.1 Å². The highest BCUT2D eigenvalue weighted by Gasteiger charge is 2.17. The minimum atomic E-state index is -0.150. The van der Waals surface area contributed by atoms with Crippen LogP contribution in [0.15, 0.2) is 42.5 Å². The summed E-state index contributed by atoms with van der Waals surface area (Å²) in [5.41, 5.74) is 3.74. The number of benzene rings is 2. The Balaban J connectivity index is 1.50. The van der Waals surface area contributed by atoms with Gasteiger partial charge in [-0.05, 0) is 68.4 Å². The Morgan fingerprint density at radius 2 is 1.68 bits per heavy atom. The van der Waals surface area contributed by atoms with E-state index >= 15 is 0 Å². The van der Waals surface area contributed by atoms with Crippen LogP contribution in [0.3, 0.4) is 0 Å². The number of piperazine rings is 1. The molecule has 0 radical (unpaired) electrons. The van der Waals surface area contributed by atoms with Crippen LogP contribution >= 0.6 is 0 Å². The smallest absolute Gasteiger partial charge is 0.224 e. The number of aryl methyl sites for hydroxylation is 1. The Kier molecular flexibility index (Phi) is 8.06. The van der Waals surface area contributed by atoms with Crippen LogP contribution in [0, 0.1) is 6.92 Å². The van der Waals surface area contributed by atoms with Gasteiger partial charge in [0.25, 0.3) is 0 Å². The molecule has 31 heavy (non-hydrogen) atoms. The normalized spacial score (nSPS) is 14.4. The Hall–Kier alpha value is -2.86. The number of hydrogen-bond acceptors (Lipinski definition) is 5. The zero-order chi connectivity index (χ0) is 22.2. The van der Waals surface area contributed by atoms with Gasteiger partial charge < -0.3 is 19.9 Å². The molecule has 0 unspecified atom stereocenters. The zero-order valence-electron chi connectivity index (χ0n) is 18.8. The van der Waals surface area contributed by atoms with E-state index in [1.807, 2.05) is 19.1 Å². The van der Waals surface area contributed by atoms with E-state index in [4.69, 9.17) is 4.74 Å². The van der Waals surface area contributed by atoms with Crippen molar-refractivity contribution in [3.8, 4) is 5.75 Å². The van der Waals surface area contributed by atoms with Gasteiger partial charge >= 0.3 is 0 Å². The summed E-state index contributed by atoms with van der Waals surface area (Å²) >= 11 is 0. The predicted octanol–water partition coefficient (Wildman–Crippen LogP) is 4.14. The lowest BCUT2D eigenvalue weighted by Gasteiger charge is -2.36. The number of rotatable bonds is 9. The Morgan fingerprint density at radius 3 is 2.29 bits per heavy atom. The highest BCUT2D eigenvalue weighted by Crippen LogP contribution is 2.25. The van der Waals surface area contributed by atoms with Gasteiger partial charge in [0.05, 0.1) is 6.61 Å². The Morgan fingerprint density at radius 1 is 0.968 bits per heavy atom. The first kappa shape index (κ1) is 22.8. The van der Waals surface area contributed by atoms with Crippen molar-refractivity contribution in [3.05, 3.63) is 53.6 Å². The standard InChI is InChI=1S/C25H33N3O3/c1-4-27-14-16-28(17-15-27)23-11-8-21(18-19(23)3)26-25(30)13-12-24(29)20-6-9-22(10-7-20)31-5-2/h6-11,18H,4-5,12-17H2,1-3H3,(H,26,30). The number of hydrogen-bond donors (Lipinski definition) is 1. The molecule has 166 valence electrons. The minimum Gasteiger partial charge on any atom is -0.494 e. The van der Waals surface area contributed by atoms with Gasteiger partial charge in [-0.25, -0.2) is 0 Å². The second-order valence-electron chi connectivity index (χ2n) is 7.85. The van der Waals surface area contributed by atoms with Crippen molar-refractivity contribution in [1.29, 1.82) is 0 Å². The first-order valence-electron chi connectivity index (χ1n) is 11.1. The van der Waals surface area contributed by atoms with E-state index in [9.17, 15) is 9.59 Å². The molecule has 1 amide bonds. The molecule has 1 heterocycles. The number of nitrogens with zero attached hydrogens (tertiary/aromatic N) is 2. The van der Waals surface area contributed by atoms with E-state index in [1.165, 1.54) is 5.69 Å². The van der Waals surface area contributed by atoms with Crippen molar-refractivity contribution in [2.75, 3.05) is 49.5 Å². The lowest BCUT2D eigenvalue weighted by atomic mass is 10.1. The maximum atomic E-state index is 12.4. The molecule has 2 aromatic rings. The molecular weight excluding hydrogens is 390 g/mol. The number of Topliss-reactive ketones (excluding diaryl/α,β-unsaturated/α-hetero) is 1. The summed E-state index contributed by atoms with van der Waals surface area (Å²) in [4.78, 5) is 29.6. The number of ketones is 1. The molecule has 1 aliphatic rings. The van der Waals surface area contributed by atoms with Gasteiger partial charge in [-0.15, -0.1) is 0 Å². The highest BCUT2D eigenvalue weighted by molar-refractivity contribution is 6.00. The number of carbonyl (C=O) groups is 2. The quantitative estimate of drug-likeness (QED) is 0.615. The lowest BCUT2D eigenvalue weighted by Crippen LogP contribution is -2.46. The average molecular weight is 424 g/mol. The van der Waals surface area contributed by atoms with Gasteiger partial charge in [0, 0.05) is 56.0 Å². The van der Waals surface area contributed by atoms with Gasteiger partial charge in [0.15, 0.2) is 5.78 Å².